The molecule has 2 aromatic carbocycles. The Morgan fingerprint density at radius 3 is 2.33 bits per heavy atom. The van der Waals surface area contributed by atoms with Crippen molar-refractivity contribution in [2.45, 2.75) is 45.8 Å². The average molecular weight is 521 g/mol. The molecule has 0 heterocycles. The van der Waals surface area contributed by atoms with E-state index in [0.29, 0.717) is 11.3 Å². The van der Waals surface area contributed by atoms with Crippen LogP contribution in [-0.4, -0.2) is 61.5 Å². The molecule has 0 aliphatic rings. The van der Waals surface area contributed by atoms with Gasteiger partial charge in [0.1, 0.15) is 18.3 Å². The molecule has 0 aliphatic carbocycles. The molecule has 11 nitrogen and oxygen atoms in total. The lowest BCUT2D eigenvalue weighted by molar-refractivity contribution is -0.384. The number of methoxy groups -OCH3 is 1. The van der Waals surface area contributed by atoms with Gasteiger partial charge in [0.2, 0.25) is 21.8 Å². The second kappa shape index (κ2) is 11.4. The molecule has 0 fully saturated rings. The van der Waals surface area contributed by atoms with E-state index < -0.39 is 44.9 Å². The van der Waals surface area contributed by atoms with Crippen LogP contribution in [0.3, 0.4) is 0 Å². The molecule has 2 amide bonds. The summed E-state index contributed by atoms with van der Waals surface area (Å²) in [6.07, 6.45) is 0.904. The van der Waals surface area contributed by atoms with Gasteiger partial charge in [0.15, 0.2) is 0 Å². The lowest BCUT2D eigenvalue weighted by Crippen LogP contribution is -2.54. The van der Waals surface area contributed by atoms with E-state index in [1.165, 1.54) is 30.2 Å². The molecule has 12 heteroatoms. The Kier molecular flexibility index (Phi) is 9.03. The van der Waals surface area contributed by atoms with Gasteiger partial charge in [-0.25, -0.2) is 8.42 Å². The van der Waals surface area contributed by atoms with Gasteiger partial charge in [0, 0.05) is 24.2 Å². The SMILES string of the molecule is COc1cccc(CN(C(=O)CN(c2cccc([N+](=O)[O-])c2)S(C)(=O)=O)C(C)C(=O)NC(C)(C)C)c1. The number of nitro benzene ring substituents is 1. The Balaban J connectivity index is 2.46. The number of nitrogens with one attached hydrogen (secondary N) is 1. The summed E-state index contributed by atoms with van der Waals surface area (Å²) in [5.74, 6) is -0.521. The molecular weight excluding hydrogens is 488 g/mol. The van der Waals surface area contributed by atoms with E-state index >= 15 is 0 Å². The van der Waals surface area contributed by atoms with Crippen molar-refractivity contribution in [1.29, 1.82) is 0 Å². The molecule has 2 rings (SSSR count). The number of ether oxygens (including phenoxy) is 1. The van der Waals surface area contributed by atoms with E-state index in [0.717, 1.165) is 16.6 Å². The number of sulfonamides is 1. The number of hydrogen-bond donors (Lipinski definition) is 1. The van der Waals surface area contributed by atoms with E-state index in [9.17, 15) is 28.1 Å². The molecule has 0 saturated heterocycles. The predicted octanol–water partition coefficient (Wildman–Crippen LogP) is 2.70. The molecule has 196 valence electrons. The van der Waals surface area contributed by atoms with Crippen molar-refractivity contribution in [2.24, 2.45) is 0 Å². The number of benzene rings is 2. The minimum atomic E-state index is -4.00. The van der Waals surface area contributed by atoms with Gasteiger partial charge in [-0.15, -0.1) is 0 Å². The smallest absolute Gasteiger partial charge is 0.271 e. The number of nitrogens with zero attached hydrogens (tertiary/aromatic N) is 3. The molecule has 0 radical (unpaired) electrons. The first-order valence-electron chi connectivity index (χ1n) is 11.1. The molecule has 0 aromatic heterocycles. The Hall–Kier alpha value is -3.67. The number of carbonyl (C=O) groups is 2. The zero-order valence-corrected chi connectivity index (χ0v) is 22.0. The second-order valence-electron chi connectivity index (χ2n) is 9.33. The van der Waals surface area contributed by atoms with Crippen LogP contribution in [0, 0.1) is 10.1 Å². The highest BCUT2D eigenvalue weighted by molar-refractivity contribution is 7.92. The lowest BCUT2D eigenvalue weighted by atomic mass is 10.1. The van der Waals surface area contributed by atoms with Gasteiger partial charge in [-0.05, 0) is 51.5 Å². The summed E-state index contributed by atoms with van der Waals surface area (Å²) < 4.78 is 31.2. The number of non-ortho nitro benzene ring substituents is 1. The van der Waals surface area contributed by atoms with Gasteiger partial charge in [-0.3, -0.25) is 24.0 Å². The number of carbonyl (C=O) groups excluding carboxylic acids is 2. The van der Waals surface area contributed by atoms with Gasteiger partial charge in [0.25, 0.3) is 5.69 Å². The Morgan fingerprint density at radius 2 is 1.78 bits per heavy atom. The first-order chi connectivity index (χ1) is 16.6. The number of nitro groups is 1. The molecule has 2 aromatic rings. The van der Waals surface area contributed by atoms with Crippen LogP contribution < -0.4 is 14.4 Å². The third kappa shape index (κ3) is 7.94. The van der Waals surface area contributed by atoms with Crippen LogP contribution >= 0.6 is 0 Å². The van der Waals surface area contributed by atoms with Gasteiger partial charge in [-0.2, -0.15) is 0 Å². The highest BCUT2D eigenvalue weighted by Crippen LogP contribution is 2.24. The number of anilines is 1. The fourth-order valence-corrected chi connectivity index (χ4v) is 4.24. The molecular formula is C24H32N4O7S. The summed E-state index contributed by atoms with van der Waals surface area (Å²) in [6, 6.07) is 11.0. The van der Waals surface area contributed by atoms with Crippen LogP contribution in [0.2, 0.25) is 0 Å². The molecule has 1 unspecified atom stereocenters. The highest BCUT2D eigenvalue weighted by atomic mass is 32.2. The van der Waals surface area contributed by atoms with Crippen LogP contribution in [0.1, 0.15) is 33.3 Å². The largest absolute Gasteiger partial charge is 0.497 e. The van der Waals surface area contributed by atoms with E-state index in [1.54, 1.807) is 52.0 Å². The molecule has 0 spiro atoms. The summed E-state index contributed by atoms with van der Waals surface area (Å²) in [4.78, 5) is 38.3. The molecule has 36 heavy (non-hydrogen) atoms. The molecule has 0 bridgehead atoms. The summed E-state index contributed by atoms with van der Waals surface area (Å²) in [6.45, 7) is 6.31. The molecule has 1 N–H and O–H groups in total. The second-order valence-corrected chi connectivity index (χ2v) is 11.2. The Bertz CT molecular complexity index is 1220. The Labute approximate surface area is 211 Å². The van der Waals surface area contributed by atoms with Crippen LogP contribution in [0.4, 0.5) is 11.4 Å². The maximum atomic E-state index is 13.5. The van der Waals surface area contributed by atoms with Gasteiger partial charge in [0.05, 0.1) is 24.0 Å². The molecule has 0 aliphatic heterocycles. The van der Waals surface area contributed by atoms with E-state index in [1.807, 2.05) is 0 Å². The number of amides is 2. The summed E-state index contributed by atoms with van der Waals surface area (Å²) >= 11 is 0. The van der Waals surface area contributed by atoms with E-state index in [-0.39, 0.29) is 17.9 Å². The van der Waals surface area contributed by atoms with Crippen LogP contribution in [0.15, 0.2) is 48.5 Å². The minimum Gasteiger partial charge on any atom is -0.497 e. The third-order valence-electron chi connectivity index (χ3n) is 5.16. The summed E-state index contributed by atoms with van der Waals surface area (Å²) in [5, 5.41) is 14.0. The van der Waals surface area contributed by atoms with Crippen molar-refractivity contribution in [3.05, 3.63) is 64.2 Å². The third-order valence-corrected chi connectivity index (χ3v) is 6.30. The standard InChI is InChI=1S/C24H32N4O7S/c1-17(23(30)25-24(2,3)4)26(15-18-9-7-12-21(13-18)35-5)22(29)16-27(36(6,33)34)19-10-8-11-20(14-19)28(31)32/h7-14,17H,15-16H2,1-6H3,(H,25,30). The first-order valence-corrected chi connectivity index (χ1v) is 12.9. The number of rotatable bonds is 10. The fraction of sp³-hybridized carbons (Fsp3) is 0.417. The lowest BCUT2D eigenvalue weighted by Gasteiger charge is -2.33. The van der Waals surface area contributed by atoms with Crippen LogP contribution in [0.5, 0.6) is 5.75 Å². The summed E-state index contributed by atoms with van der Waals surface area (Å²) in [5.41, 5.74) is -0.245. The normalized spacial score (nSPS) is 12.4. The van der Waals surface area contributed by atoms with Crippen LogP contribution in [-0.2, 0) is 26.2 Å². The quantitative estimate of drug-likeness (QED) is 0.375. The first kappa shape index (κ1) is 28.6. The topological polar surface area (TPSA) is 139 Å². The maximum Gasteiger partial charge on any atom is 0.271 e. The van der Waals surface area contributed by atoms with Crippen molar-refractivity contribution in [3.63, 3.8) is 0 Å². The summed E-state index contributed by atoms with van der Waals surface area (Å²) in [7, 11) is -2.50. The van der Waals surface area contributed by atoms with Gasteiger partial charge in [-0.1, -0.05) is 18.2 Å². The van der Waals surface area contributed by atoms with Gasteiger partial charge >= 0.3 is 0 Å². The van der Waals surface area contributed by atoms with Crippen molar-refractivity contribution in [1.82, 2.24) is 10.2 Å². The predicted molar refractivity (Wildman–Crippen MR) is 136 cm³/mol. The molecule has 1 atom stereocenters. The van der Waals surface area contributed by atoms with Crippen molar-refractivity contribution >= 4 is 33.2 Å². The maximum absolute atomic E-state index is 13.5. The zero-order valence-electron chi connectivity index (χ0n) is 21.2. The monoisotopic (exact) mass is 520 g/mol. The van der Waals surface area contributed by atoms with E-state index in [2.05, 4.69) is 5.32 Å². The fourth-order valence-electron chi connectivity index (χ4n) is 3.40. The molecule has 0 saturated carbocycles. The van der Waals surface area contributed by atoms with Crippen molar-refractivity contribution in [3.8, 4) is 5.75 Å². The van der Waals surface area contributed by atoms with Crippen LogP contribution in [0.25, 0.3) is 0 Å². The average Bonchev–Trinajstić information content (AvgIpc) is 2.78. The zero-order chi connectivity index (χ0) is 27.3. The van der Waals surface area contributed by atoms with Gasteiger partial charge < -0.3 is 15.0 Å². The minimum absolute atomic E-state index is 0.00129. The number of hydrogen-bond acceptors (Lipinski definition) is 7. The van der Waals surface area contributed by atoms with E-state index in [4.69, 9.17) is 4.74 Å². The highest BCUT2D eigenvalue weighted by Gasteiger charge is 2.31. The van der Waals surface area contributed by atoms with Crippen molar-refractivity contribution in [2.75, 3.05) is 24.2 Å². The Morgan fingerprint density at radius 1 is 1.14 bits per heavy atom. The van der Waals surface area contributed by atoms with Crippen molar-refractivity contribution < 1.29 is 27.7 Å².